The molecule has 1 aliphatic carbocycles. The summed E-state index contributed by atoms with van der Waals surface area (Å²) in [7, 11) is 0. The molecule has 2 aliphatic rings. The van der Waals surface area contributed by atoms with Crippen LogP contribution >= 0.6 is 11.6 Å². The van der Waals surface area contributed by atoms with Crippen molar-refractivity contribution in [1.82, 2.24) is 0 Å². The van der Waals surface area contributed by atoms with Crippen LogP contribution < -0.4 is 0 Å². The van der Waals surface area contributed by atoms with Gasteiger partial charge < -0.3 is 4.74 Å². The Morgan fingerprint density at radius 2 is 1.63 bits per heavy atom. The van der Waals surface area contributed by atoms with Gasteiger partial charge in [0.15, 0.2) is 11.6 Å². The van der Waals surface area contributed by atoms with Crippen LogP contribution in [0.5, 0.6) is 0 Å². The zero-order valence-corrected chi connectivity index (χ0v) is 11.4. The van der Waals surface area contributed by atoms with Crippen molar-refractivity contribution >= 4 is 11.6 Å². The lowest BCUT2D eigenvalue weighted by molar-refractivity contribution is 0.340. The number of hydrogen-bond donors (Lipinski definition) is 0. The molecular weight excluding hydrogens is 270 g/mol. The summed E-state index contributed by atoms with van der Waals surface area (Å²) in [5, 5.41) is 0. The highest BCUT2D eigenvalue weighted by molar-refractivity contribution is 6.18. The highest BCUT2D eigenvalue weighted by Crippen LogP contribution is 2.40. The van der Waals surface area contributed by atoms with Gasteiger partial charge in [-0.25, -0.2) is 8.78 Å². The maximum absolute atomic E-state index is 14.2. The van der Waals surface area contributed by atoms with E-state index in [1.54, 1.807) is 12.1 Å². The van der Waals surface area contributed by atoms with Crippen molar-refractivity contribution in [2.45, 2.75) is 37.7 Å². The van der Waals surface area contributed by atoms with Gasteiger partial charge in [-0.3, -0.25) is 0 Å². The number of hydrogen-bond acceptors (Lipinski definition) is 1. The molecule has 2 fully saturated rings. The predicted molar refractivity (Wildman–Crippen MR) is 70.5 cm³/mol. The molecule has 0 radical (unpaired) electrons. The molecule has 3 rings (SSSR count). The van der Waals surface area contributed by atoms with Crippen molar-refractivity contribution < 1.29 is 13.5 Å². The summed E-state index contributed by atoms with van der Waals surface area (Å²) < 4.78 is 33.2. The molecule has 1 nitrogen and oxygen atoms in total. The molecule has 1 aromatic rings. The van der Waals surface area contributed by atoms with Crippen LogP contribution in [0.15, 0.2) is 12.1 Å². The Balaban J connectivity index is 1.79. The highest BCUT2D eigenvalue weighted by atomic mass is 35.5. The van der Waals surface area contributed by atoms with Crippen molar-refractivity contribution in [2.75, 3.05) is 12.5 Å². The predicted octanol–water partition coefficient (Wildman–Crippen LogP) is 4.55. The molecule has 0 spiro atoms. The number of benzene rings is 1. The van der Waals surface area contributed by atoms with Crippen LogP contribution in [0.3, 0.4) is 0 Å². The first-order valence-electron chi connectivity index (χ1n) is 6.86. The highest BCUT2D eigenvalue weighted by Gasteiger charge is 2.32. The minimum Gasteiger partial charge on any atom is -0.368 e. The summed E-state index contributed by atoms with van der Waals surface area (Å²) in [6.45, 7) is 0.497. The van der Waals surface area contributed by atoms with E-state index in [4.69, 9.17) is 16.3 Å². The lowest BCUT2D eigenvalue weighted by Gasteiger charge is -2.28. The third kappa shape index (κ3) is 2.63. The molecule has 104 valence electrons. The van der Waals surface area contributed by atoms with E-state index in [0.29, 0.717) is 29.5 Å². The molecule has 1 saturated carbocycles. The molecule has 4 heteroatoms. The maximum Gasteiger partial charge on any atom is 0.165 e. The van der Waals surface area contributed by atoms with Gasteiger partial charge in [0.1, 0.15) is 6.10 Å². The SMILES string of the molecule is Fc1c(C2CCC(CCl)CC2)ccc(C2CO2)c1F. The van der Waals surface area contributed by atoms with E-state index in [-0.39, 0.29) is 12.0 Å². The van der Waals surface area contributed by atoms with Crippen LogP contribution in [0.25, 0.3) is 0 Å². The average molecular weight is 287 g/mol. The van der Waals surface area contributed by atoms with E-state index in [1.165, 1.54) is 0 Å². The smallest absolute Gasteiger partial charge is 0.165 e. The van der Waals surface area contributed by atoms with Gasteiger partial charge in [0, 0.05) is 11.4 Å². The molecule has 1 atom stereocenters. The first kappa shape index (κ1) is 13.3. The molecule has 1 saturated heterocycles. The molecule has 1 heterocycles. The monoisotopic (exact) mass is 286 g/mol. The van der Waals surface area contributed by atoms with Gasteiger partial charge in [-0.05, 0) is 43.1 Å². The van der Waals surface area contributed by atoms with Crippen molar-refractivity contribution in [3.05, 3.63) is 34.9 Å². The Hall–Kier alpha value is -0.670. The maximum atomic E-state index is 14.2. The standard InChI is InChI=1S/C15H17ClF2O/c16-7-9-1-3-10(4-2-9)11-5-6-12(13-8-19-13)15(18)14(11)17/h5-6,9-10,13H,1-4,7-8H2. The average Bonchev–Trinajstić information content (AvgIpc) is 3.26. The fourth-order valence-corrected chi connectivity index (χ4v) is 3.31. The van der Waals surface area contributed by atoms with Gasteiger partial charge in [0.25, 0.3) is 0 Å². The Bertz CT molecular complexity index is 465. The second-order valence-electron chi connectivity index (χ2n) is 5.57. The Morgan fingerprint density at radius 3 is 2.21 bits per heavy atom. The van der Waals surface area contributed by atoms with Crippen LogP contribution in [-0.4, -0.2) is 12.5 Å². The fourth-order valence-electron chi connectivity index (χ4n) is 3.00. The number of alkyl halides is 1. The largest absolute Gasteiger partial charge is 0.368 e. The molecule has 1 unspecified atom stereocenters. The van der Waals surface area contributed by atoms with E-state index in [9.17, 15) is 8.78 Å². The van der Waals surface area contributed by atoms with Gasteiger partial charge in [0.05, 0.1) is 6.61 Å². The van der Waals surface area contributed by atoms with Crippen LogP contribution in [0.4, 0.5) is 8.78 Å². The van der Waals surface area contributed by atoms with E-state index >= 15 is 0 Å². The Labute approximate surface area is 116 Å². The zero-order valence-electron chi connectivity index (χ0n) is 10.7. The normalized spacial score (nSPS) is 30.4. The van der Waals surface area contributed by atoms with Gasteiger partial charge in [-0.1, -0.05) is 12.1 Å². The summed E-state index contributed by atoms with van der Waals surface area (Å²) in [4.78, 5) is 0. The van der Waals surface area contributed by atoms with Crippen LogP contribution in [0.2, 0.25) is 0 Å². The second kappa shape index (κ2) is 5.37. The molecule has 0 aromatic heterocycles. The summed E-state index contributed by atoms with van der Waals surface area (Å²) >= 11 is 5.85. The summed E-state index contributed by atoms with van der Waals surface area (Å²) in [5.74, 6) is -0.0727. The summed E-state index contributed by atoms with van der Waals surface area (Å²) in [5.41, 5.74) is 0.880. The van der Waals surface area contributed by atoms with E-state index in [2.05, 4.69) is 0 Å². The summed E-state index contributed by atoms with van der Waals surface area (Å²) in [6.07, 6.45) is 3.56. The van der Waals surface area contributed by atoms with E-state index < -0.39 is 11.6 Å². The molecule has 1 aromatic carbocycles. The molecule has 0 amide bonds. The quantitative estimate of drug-likeness (QED) is 0.587. The topological polar surface area (TPSA) is 12.5 Å². The molecule has 1 aliphatic heterocycles. The molecular formula is C15H17ClF2O. The molecule has 0 N–H and O–H groups in total. The van der Waals surface area contributed by atoms with Crippen LogP contribution in [0.1, 0.15) is 48.8 Å². The minimum atomic E-state index is -0.723. The zero-order chi connectivity index (χ0) is 13.4. The van der Waals surface area contributed by atoms with Crippen LogP contribution in [-0.2, 0) is 4.74 Å². The van der Waals surface area contributed by atoms with Gasteiger partial charge in [-0.15, -0.1) is 11.6 Å². The Morgan fingerprint density at radius 1 is 1.05 bits per heavy atom. The fraction of sp³-hybridized carbons (Fsp3) is 0.600. The first-order valence-corrected chi connectivity index (χ1v) is 7.39. The Kier molecular flexibility index (Phi) is 3.77. The van der Waals surface area contributed by atoms with E-state index in [0.717, 1.165) is 25.7 Å². The lowest BCUT2D eigenvalue weighted by atomic mass is 9.79. The summed E-state index contributed by atoms with van der Waals surface area (Å²) in [6, 6.07) is 3.42. The van der Waals surface area contributed by atoms with Crippen molar-refractivity contribution in [3.63, 3.8) is 0 Å². The van der Waals surface area contributed by atoms with Gasteiger partial charge >= 0.3 is 0 Å². The van der Waals surface area contributed by atoms with Gasteiger partial charge in [-0.2, -0.15) is 0 Å². The number of rotatable bonds is 3. The van der Waals surface area contributed by atoms with Crippen molar-refractivity contribution in [2.24, 2.45) is 5.92 Å². The van der Waals surface area contributed by atoms with Crippen molar-refractivity contribution in [3.8, 4) is 0 Å². The third-order valence-electron chi connectivity index (χ3n) is 4.33. The lowest BCUT2D eigenvalue weighted by Crippen LogP contribution is -2.16. The van der Waals surface area contributed by atoms with Crippen LogP contribution in [0, 0.1) is 17.6 Å². The van der Waals surface area contributed by atoms with E-state index in [1.807, 2.05) is 0 Å². The second-order valence-corrected chi connectivity index (χ2v) is 5.87. The number of halogens is 3. The minimum absolute atomic E-state index is 0.128. The molecule has 0 bridgehead atoms. The number of ether oxygens (including phenoxy) is 1. The van der Waals surface area contributed by atoms with Gasteiger partial charge in [0.2, 0.25) is 0 Å². The first-order chi connectivity index (χ1) is 9.20. The molecule has 19 heavy (non-hydrogen) atoms. The number of epoxide rings is 1. The third-order valence-corrected chi connectivity index (χ3v) is 4.76. The van der Waals surface area contributed by atoms with Crippen molar-refractivity contribution in [1.29, 1.82) is 0 Å².